The number of benzene rings is 1. The largest absolute Gasteiger partial charge is 0.481 e. The summed E-state index contributed by atoms with van der Waals surface area (Å²) in [4.78, 5) is 10.6. The van der Waals surface area contributed by atoms with E-state index in [4.69, 9.17) is 10.8 Å². The van der Waals surface area contributed by atoms with Crippen LogP contribution < -0.4 is 5.73 Å². The first-order valence-corrected chi connectivity index (χ1v) is 5.67. The first-order chi connectivity index (χ1) is 7.58. The Bertz CT molecular complexity index is 374. The summed E-state index contributed by atoms with van der Waals surface area (Å²) in [5, 5.41) is 8.69. The molecule has 88 valence electrons. The Morgan fingerprint density at radius 2 is 1.94 bits per heavy atom. The van der Waals surface area contributed by atoms with Gasteiger partial charge in [0.1, 0.15) is 0 Å². The van der Waals surface area contributed by atoms with Crippen molar-refractivity contribution in [3.05, 3.63) is 34.9 Å². The fourth-order valence-electron chi connectivity index (χ4n) is 1.86. The maximum absolute atomic E-state index is 10.6. The maximum Gasteiger partial charge on any atom is 0.305 e. The normalized spacial score (nSPS) is 12.4. The Hall–Kier alpha value is -1.35. The van der Waals surface area contributed by atoms with Crippen LogP contribution in [0, 0.1) is 0 Å². The van der Waals surface area contributed by atoms with Crippen molar-refractivity contribution in [1.29, 1.82) is 0 Å². The van der Waals surface area contributed by atoms with Gasteiger partial charge < -0.3 is 10.8 Å². The molecule has 1 atom stereocenters. The van der Waals surface area contributed by atoms with E-state index in [2.05, 4.69) is 19.9 Å². The lowest BCUT2D eigenvalue weighted by Crippen LogP contribution is -2.15. The average Bonchev–Trinajstić information content (AvgIpc) is 2.27. The second-order valence-electron chi connectivity index (χ2n) is 3.94. The van der Waals surface area contributed by atoms with Crippen LogP contribution in [-0.2, 0) is 17.6 Å². The highest BCUT2D eigenvalue weighted by Crippen LogP contribution is 2.19. The summed E-state index contributed by atoms with van der Waals surface area (Å²) in [6, 6.07) is 5.61. The van der Waals surface area contributed by atoms with Gasteiger partial charge in [-0.05, 0) is 29.5 Å². The van der Waals surface area contributed by atoms with Crippen molar-refractivity contribution in [2.45, 2.75) is 39.2 Å². The minimum absolute atomic E-state index is 0.0192. The molecular weight excluding hydrogens is 202 g/mol. The van der Waals surface area contributed by atoms with Crippen LogP contribution in [0.5, 0.6) is 0 Å². The topological polar surface area (TPSA) is 63.3 Å². The zero-order valence-electron chi connectivity index (χ0n) is 9.86. The van der Waals surface area contributed by atoms with E-state index in [0.717, 1.165) is 18.4 Å². The number of nitrogens with two attached hydrogens (primary N) is 1. The monoisotopic (exact) mass is 221 g/mol. The van der Waals surface area contributed by atoms with E-state index in [1.165, 1.54) is 11.1 Å². The Kier molecular flexibility index (Phi) is 4.50. The Labute approximate surface area is 96.3 Å². The molecule has 1 aromatic rings. The first kappa shape index (κ1) is 12.7. The number of carboxylic acids is 1. The summed E-state index contributed by atoms with van der Waals surface area (Å²) in [5.74, 6) is -0.856. The van der Waals surface area contributed by atoms with Crippen LogP contribution in [-0.4, -0.2) is 11.1 Å². The van der Waals surface area contributed by atoms with Gasteiger partial charge >= 0.3 is 5.97 Å². The molecule has 3 nitrogen and oxygen atoms in total. The van der Waals surface area contributed by atoms with Crippen LogP contribution >= 0.6 is 0 Å². The molecule has 0 saturated heterocycles. The van der Waals surface area contributed by atoms with E-state index in [9.17, 15) is 4.79 Å². The third-order valence-corrected chi connectivity index (χ3v) is 2.81. The summed E-state index contributed by atoms with van der Waals surface area (Å²) in [7, 11) is 0. The number of aryl methyl sites for hydroxylation is 2. The van der Waals surface area contributed by atoms with Gasteiger partial charge in [-0.25, -0.2) is 0 Å². The van der Waals surface area contributed by atoms with Crippen molar-refractivity contribution in [3.63, 3.8) is 0 Å². The molecule has 0 spiro atoms. The second-order valence-corrected chi connectivity index (χ2v) is 3.94. The molecule has 0 amide bonds. The molecule has 0 fully saturated rings. The number of rotatable bonds is 5. The maximum atomic E-state index is 10.6. The fourth-order valence-corrected chi connectivity index (χ4v) is 1.86. The van der Waals surface area contributed by atoms with Crippen LogP contribution in [0.4, 0.5) is 0 Å². The molecule has 1 unspecified atom stereocenters. The number of hydrogen-bond donors (Lipinski definition) is 2. The van der Waals surface area contributed by atoms with Crippen LogP contribution in [0.25, 0.3) is 0 Å². The van der Waals surface area contributed by atoms with Crippen molar-refractivity contribution in [2.75, 3.05) is 0 Å². The molecule has 0 aliphatic rings. The number of hydrogen-bond acceptors (Lipinski definition) is 2. The quantitative estimate of drug-likeness (QED) is 0.801. The Morgan fingerprint density at radius 1 is 1.31 bits per heavy atom. The van der Waals surface area contributed by atoms with Gasteiger partial charge in [-0.3, -0.25) is 4.79 Å². The highest BCUT2D eigenvalue weighted by molar-refractivity contribution is 5.67. The summed E-state index contributed by atoms with van der Waals surface area (Å²) >= 11 is 0. The molecule has 3 heteroatoms. The summed E-state index contributed by atoms with van der Waals surface area (Å²) in [5.41, 5.74) is 9.32. The van der Waals surface area contributed by atoms with E-state index in [1.54, 1.807) is 0 Å². The summed E-state index contributed by atoms with van der Waals surface area (Å²) in [6.45, 7) is 4.21. The third-order valence-electron chi connectivity index (χ3n) is 2.81. The van der Waals surface area contributed by atoms with Gasteiger partial charge in [0.25, 0.3) is 0 Å². The second kappa shape index (κ2) is 5.66. The van der Waals surface area contributed by atoms with Gasteiger partial charge in [-0.2, -0.15) is 0 Å². The fraction of sp³-hybridized carbons (Fsp3) is 0.462. The van der Waals surface area contributed by atoms with Gasteiger partial charge in [-0.15, -0.1) is 0 Å². The average molecular weight is 221 g/mol. The minimum atomic E-state index is -0.856. The Balaban J connectivity index is 2.93. The molecule has 0 aliphatic carbocycles. The van der Waals surface area contributed by atoms with E-state index in [0.29, 0.717) is 0 Å². The summed E-state index contributed by atoms with van der Waals surface area (Å²) < 4.78 is 0. The molecule has 16 heavy (non-hydrogen) atoms. The first-order valence-electron chi connectivity index (χ1n) is 5.67. The highest BCUT2D eigenvalue weighted by Gasteiger charge is 2.11. The van der Waals surface area contributed by atoms with Gasteiger partial charge in [0.15, 0.2) is 0 Å². The molecule has 0 aliphatic heterocycles. The van der Waals surface area contributed by atoms with Crippen LogP contribution in [0.3, 0.4) is 0 Å². The molecule has 0 heterocycles. The molecule has 0 radical (unpaired) electrons. The van der Waals surface area contributed by atoms with Crippen molar-refractivity contribution >= 4 is 5.97 Å². The predicted molar refractivity (Wildman–Crippen MR) is 64.4 cm³/mol. The van der Waals surface area contributed by atoms with Crippen LogP contribution in [0.2, 0.25) is 0 Å². The van der Waals surface area contributed by atoms with Gasteiger partial charge in [-0.1, -0.05) is 32.0 Å². The van der Waals surface area contributed by atoms with Gasteiger partial charge in [0.2, 0.25) is 0 Å². The van der Waals surface area contributed by atoms with E-state index in [-0.39, 0.29) is 6.42 Å². The summed E-state index contributed by atoms with van der Waals surface area (Å²) in [6.07, 6.45) is 1.93. The molecule has 1 rings (SSSR count). The standard InChI is InChI=1S/C13H19NO2/c1-3-9-5-6-11(7-10(9)4-2)12(14)8-13(15)16/h5-7,12H,3-4,8,14H2,1-2H3,(H,15,16). The lowest BCUT2D eigenvalue weighted by Gasteiger charge is -2.13. The molecule has 0 bridgehead atoms. The minimum Gasteiger partial charge on any atom is -0.481 e. The lowest BCUT2D eigenvalue weighted by atomic mass is 9.96. The smallest absolute Gasteiger partial charge is 0.305 e. The SMILES string of the molecule is CCc1ccc(C(N)CC(=O)O)cc1CC. The van der Waals surface area contributed by atoms with Crippen LogP contribution in [0.15, 0.2) is 18.2 Å². The van der Waals surface area contributed by atoms with Gasteiger partial charge in [0, 0.05) is 6.04 Å². The molecule has 3 N–H and O–H groups in total. The zero-order valence-corrected chi connectivity index (χ0v) is 9.86. The third kappa shape index (κ3) is 3.07. The van der Waals surface area contributed by atoms with E-state index in [1.807, 2.05) is 12.1 Å². The van der Waals surface area contributed by atoms with Gasteiger partial charge in [0.05, 0.1) is 6.42 Å². The Morgan fingerprint density at radius 3 is 2.44 bits per heavy atom. The van der Waals surface area contributed by atoms with E-state index < -0.39 is 12.0 Å². The number of carbonyl (C=O) groups is 1. The molecule has 0 saturated carbocycles. The molecule has 1 aromatic carbocycles. The molecular formula is C13H19NO2. The highest BCUT2D eigenvalue weighted by atomic mass is 16.4. The zero-order chi connectivity index (χ0) is 12.1. The van der Waals surface area contributed by atoms with Crippen LogP contribution in [0.1, 0.15) is 43.0 Å². The van der Waals surface area contributed by atoms with Crippen molar-refractivity contribution in [2.24, 2.45) is 5.73 Å². The molecule has 0 aromatic heterocycles. The van der Waals surface area contributed by atoms with Crippen molar-refractivity contribution < 1.29 is 9.90 Å². The van der Waals surface area contributed by atoms with E-state index >= 15 is 0 Å². The number of carboxylic acid groups (broad SMARTS) is 1. The predicted octanol–water partition coefficient (Wildman–Crippen LogP) is 2.29. The lowest BCUT2D eigenvalue weighted by molar-refractivity contribution is -0.137. The number of aliphatic carboxylic acids is 1. The van der Waals surface area contributed by atoms with Crippen molar-refractivity contribution in [1.82, 2.24) is 0 Å². The van der Waals surface area contributed by atoms with Crippen molar-refractivity contribution in [3.8, 4) is 0 Å².